The minimum Gasteiger partial charge on any atom is -0.192 e. The summed E-state index contributed by atoms with van der Waals surface area (Å²) in [5.74, 6) is 0. The highest BCUT2D eigenvalue weighted by Crippen LogP contribution is 2.23. The van der Waals surface area contributed by atoms with Crippen LogP contribution < -0.4 is 0 Å². The second-order valence-corrected chi connectivity index (χ2v) is 3.35. The number of hydrogen-bond acceptors (Lipinski definition) is 3. The minimum absolute atomic E-state index is 0.348. The van der Waals surface area contributed by atoms with E-state index in [-0.39, 0.29) is 0 Å². The molecule has 4 heteroatoms. The number of hydrogen-bond donors (Lipinski definition) is 0. The lowest BCUT2D eigenvalue weighted by Crippen LogP contribution is -1.81. The van der Waals surface area contributed by atoms with Gasteiger partial charge in [-0.3, -0.25) is 0 Å². The molecule has 0 aliphatic carbocycles. The number of nitrogens with zero attached hydrogens (tertiary/aromatic N) is 2. The van der Waals surface area contributed by atoms with E-state index in [4.69, 9.17) is 16.9 Å². The van der Waals surface area contributed by atoms with Crippen molar-refractivity contribution in [3.05, 3.63) is 15.6 Å². The second-order valence-electron chi connectivity index (χ2n) is 2.13. The van der Waals surface area contributed by atoms with E-state index < -0.39 is 0 Å². The molecule has 0 saturated heterocycles. The van der Waals surface area contributed by atoms with Crippen molar-refractivity contribution < 1.29 is 0 Å². The minimum atomic E-state index is 0.348. The third-order valence-electron chi connectivity index (χ3n) is 1.31. The Labute approximate surface area is 74.6 Å². The van der Waals surface area contributed by atoms with E-state index in [0.717, 1.165) is 17.7 Å². The summed E-state index contributed by atoms with van der Waals surface area (Å²) in [6.07, 6.45) is 1.92. The van der Waals surface area contributed by atoms with Crippen LogP contribution in [0.2, 0.25) is 5.15 Å². The predicted octanol–water partition coefficient (Wildman–Crippen LogP) is 2.62. The van der Waals surface area contributed by atoms with Crippen LogP contribution >= 0.6 is 23.1 Å². The summed E-state index contributed by atoms with van der Waals surface area (Å²) >= 11 is 6.98. The highest BCUT2D eigenvalue weighted by Gasteiger charge is 2.09. The van der Waals surface area contributed by atoms with Gasteiger partial charge in [-0.1, -0.05) is 24.9 Å². The second kappa shape index (κ2) is 3.70. The van der Waals surface area contributed by atoms with Gasteiger partial charge in [0.1, 0.15) is 11.6 Å². The lowest BCUT2D eigenvalue weighted by Gasteiger charge is -1.89. The smallest absolute Gasteiger partial charge is 0.160 e. The Kier molecular flexibility index (Phi) is 2.86. The van der Waals surface area contributed by atoms with Gasteiger partial charge in [-0.25, -0.2) is 0 Å². The Morgan fingerprint density at radius 3 is 3.00 bits per heavy atom. The number of aromatic nitrogens is 1. The van der Waals surface area contributed by atoms with Gasteiger partial charge >= 0.3 is 0 Å². The number of halogens is 1. The van der Waals surface area contributed by atoms with Gasteiger partial charge in [0.25, 0.3) is 0 Å². The van der Waals surface area contributed by atoms with E-state index >= 15 is 0 Å². The van der Waals surface area contributed by atoms with Crippen LogP contribution in [-0.2, 0) is 6.42 Å². The van der Waals surface area contributed by atoms with Crippen molar-refractivity contribution in [2.24, 2.45) is 0 Å². The maximum absolute atomic E-state index is 8.65. The van der Waals surface area contributed by atoms with Crippen molar-refractivity contribution in [3.8, 4) is 6.07 Å². The first-order valence-electron chi connectivity index (χ1n) is 3.33. The molecule has 0 bridgehead atoms. The first-order chi connectivity index (χ1) is 5.29. The van der Waals surface area contributed by atoms with Crippen LogP contribution in [0.15, 0.2) is 0 Å². The van der Waals surface area contributed by atoms with Crippen LogP contribution in [-0.4, -0.2) is 4.37 Å². The maximum Gasteiger partial charge on any atom is 0.160 e. The average Bonchev–Trinajstić information content (AvgIpc) is 2.33. The molecule has 0 aliphatic heterocycles. The van der Waals surface area contributed by atoms with Crippen LogP contribution in [0.5, 0.6) is 0 Å². The Morgan fingerprint density at radius 1 is 1.73 bits per heavy atom. The summed E-state index contributed by atoms with van der Waals surface area (Å²) in [5, 5.41) is 9.00. The molecule has 1 aromatic heterocycles. The van der Waals surface area contributed by atoms with Gasteiger partial charge in [-0.2, -0.15) is 9.64 Å². The normalized spacial score (nSPS) is 9.55. The van der Waals surface area contributed by atoms with E-state index in [2.05, 4.69) is 11.3 Å². The highest BCUT2D eigenvalue weighted by atomic mass is 35.5. The van der Waals surface area contributed by atoms with Gasteiger partial charge < -0.3 is 0 Å². The third-order valence-corrected chi connectivity index (χ3v) is 2.59. The third kappa shape index (κ3) is 1.70. The van der Waals surface area contributed by atoms with Crippen molar-refractivity contribution in [1.29, 1.82) is 5.26 Å². The van der Waals surface area contributed by atoms with E-state index in [0.29, 0.717) is 10.7 Å². The monoisotopic (exact) mass is 186 g/mol. The molecule has 0 radical (unpaired) electrons. The topological polar surface area (TPSA) is 36.7 Å². The van der Waals surface area contributed by atoms with E-state index in [1.54, 1.807) is 0 Å². The fourth-order valence-corrected chi connectivity index (χ4v) is 1.93. The highest BCUT2D eigenvalue weighted by molar-refractivity contribution is 7.06. The summed E-state index contributed by atoms with van der Waals surface area (Å²) in [6.45, 7) is 2.06. The van der Waals surface area contributed by atoms with E-state index in [9.17, 15) is 0 Å². The first kappa shape index (κ1) is 8.51. The van der Waals surface area contributed by atoms with Crippen LogP contribution in [0.25, 0.3) is 0 Å². The van der Waals surface area contributed by atoms with Crippen LogP contribution in [0.1, 0.15) is 23.8 Å². The molecule has 0 aliphatic rings. The SMILES string of the molecule is CCCc1snc(Cl)c1C#N. The Balaban J connectivity index is 2.98. The van der Waals surface area contributed by atoms with Gasteiger partial charge in [-0.05, 0) is 18.0 Å². The summed E-state index contributed by atoms with van der Waals surface area (Å²) in [6, 6.07) is 2.04. The molecule has 1 aromatic rings. The van der Waals surface area contributed by atoms with E-state index in [1.807, 2.05) is 6.07 Å². The maximum atomic E-state index is 8.65. The molecule has 11 heavy (non-hydrogen) atoms. The Morgan fingerprint density at radius 2 is 2.45 bits per heavy atom. The van der Waals surface area contributed by atoms with Gasteiger partial charge in [0.15, 0.2) is 5.15 Å². The fourth-order valence-electron chi connectivity index (χ4n) is 0.808. The molecule has 0 unspecified atom stereocenters. The molecule has 58 valence electrons. The molecular formula is C7H7ClN2S. The zero-order valence-corrected chi connectivity index (χ0v) is 7.67. The van der Waals surface area contributed by atoms with Gasteiger partial charge in [0, 0.05) is 4.88 Å². The predicted molar refractivity (Wildman–Crippen MR) is 45.8 cm³/mol. The molecule has 0 amide bonds. The average molecular weight is 187 g/mol. The zero-order valence-electron chi connectivity index (χ0n) is 6.09. The summed E-state index contributed by atoms with van der Waals surface area (Å²) in [4.78, 5) is 1.00. The quantitative estimate of drug-likeness (QED) is 0.712. The van der Waals surface area contributed by atoms with Crippen molar-refractivity contribution in [1.82, 2.24) is 4.37 Å². The van der Waals surface area contributed by atoms with Crippen molar-refractivity contribution in [3.63, 3.8) is 0 Å². The number of rotatable bonds is 2. The molecular weight excluding hydrogens is 180 g/mol. The molecule has 1 heterocycles. The van der Waals surface area contributed by atoms with E-state index in [1.165, 1.54) is 11.5 Å². The zero-order chi connectivity index (χ0) is 8.27. The van der Waals surface area contributed by atoms with Crippen molar-refractivity contribution in [2.45, 2.75) is 19.8 Å². The Hall–Kier alpha value is -0.590. The standard InChI is InChI=1S/C7H7ClN2S/c1-2-3-6-5(4-9)7(8)10-11-6/h2-3H2,1H3. The van der Waals surface area contributed by atoms with Crippen LogP contribution in [0.4, 0.5) is 0 Å². The molecule has 2 nitrogen and oxygen atoms in total. The van der Waals surface area contributed by atoms with Crippen LogP contribution in [0.3, 0.4) is 0 Å². The molecule has 0 spiro atoms. The molecule has 0 saturated carbocycles. The fraction of sp³-hybridized carbons (Fsp3) is 0.429. The van der Waals surface area contributed by atoms with Crippen LogP contribution in [0, 0.1) is 11.3 Å². The molecule has 0 aromatic carbocycles. The number of nitriles is 1. The molecule has 0 fully saturated rings. The Bertz CT molecular complexity index is 287. The summed E-state index contributed by atoms with van der Waals surface area (Å²) in [7, 11) is 0. The summed E-state index contributed by atoms with van der Waals surface area (Å²) < 4.78 is 3.89. The van der Waals surface area contributed by atoms with Gasteiger partial charge in [-0.15, -0.1) is 0 Å². The molecule has 0 N–H and O–H groups in total. The first-order valence-corrected chi connectivity index (χ1v) is 4.48. The van der Waals surface area contributed by atoms with Gasteiger partial charge in [0.2, 0.25) is 0 Å². The van der Waals surface area contributed by atoms with Crippen molar-refractivity contribution >= 4 is 23.1 Å². The van der Waals surface area contributed by atoms with Gasteiger partial charge in [0.05, 0.1) is 0 Å². The molecule has 1 rings (SSSR count). The molecule has 0 atom stereocenters. The lowest BCUT2D eigenvalue weighted by molar-refractivity contribution is 0.937. The lowest BCUT2D eigenvalue weighted by atomic mass is 10.2. The summed E-state index contributed by atoms with van der Waals surface area (Å²) in [5.41, 5.74) is 0.554. The van der Waals surface area contributed by atoms with Crippen molar-refractivity contribution in [2.75, 3.05) is 0 Å². The largest absolute Gasteiger partial charge is 0.192 e. The number of aryl methyl sites for hydroxylation is 1.